The highest BCUT2D eigenvalue weighted by molar-refractivity contribution is 7.18. The predicted molar refractivity (Wildman–Crippen MR) is 115 cm³/mol. The maximum absolute atomic E-state index is 4.95. The van der Waals surface area contributed by atoms with E-state index in [1.807, 2.05) is 23.1 Å². The average molecular weight is 389 g/mol. The Morgan fingerprint density at radius 2 is 1.86 bits per heavy atom. The summed E-state index contributed by atoms with van der Waals surface area (Å²) in [6, 6.07) is 19.4. The van der Waals surface area contributed by atoms with Crippen LogP contribution in [0.3, 0.4) is 0 Å². The number of rotatable bonds is 4. The Kier molecular flexibility index (Phi) is 4.49. The fraction of sp³-hybridized carbons (Fsp3) is 0.304. The quantitative estimate of drug-likeness (QED) is 0.473. The lowest BCUT2D eigenvalue weighted by atomic mass is 10.1. The van der Waals surface area contributed by atoms with Crippen molar-refractivity contribution < 1.29 is 0 Å². The van der Waals surface area contributed by atoms with Gasteiger partial charge in [-0.15, -0.1) is 11.3 Å². The summed E-state index contributed by atoms with van der Waals surface area (Å²) in [5.74, 6) is 0. The van der Waals surface area contributed by atoms with Gasteiger partial charge in [-0.1, -0.05) is 42.5 Å². The smallest absolute Gasteiger partial charge is 0.111 e. The number of likely N-dealkylation sites (tertiary alicyclic amines) is 1. The first-order chi connectivity index (χ1) is 13.7. The summed E-state index contributed by atoms with van der Waals surface area (Å²) >= 11 is 1.85. The lowest BCUT2D eigenvalue weighted by molar-refractivity contribution is 0.248. The molecule has 2 aromatic heterocycles. The monoisotopic (exact) mass is 388 g/mol. The summed E-state index contributed by atoms with van der Waals surface area (Å²) in [5.41, 5.74) is 6.00. The number of nitrogens with zero attached hydrogens (tertiary/aromatic N) is 4. The molecule has 142 valence electrons. The fourth-order valence-corrected chi connectivity index (χ4v) is 5.34. The van der Waals surface area contributed by atoms with Crippen LogP contribution in [0.4, 0.5) is 0 Å². The third-order valence-electron chi connectivity index (χ3n) is 5.83. The lowest BCUT2D eigenvalue weighted by Crippen LogP contribution is -2.23. The molecule has 1 atom stereocenters. The number of thiazole rings is 1. The fourth-order valence-electron chi connectivity index (χ4n) is 4.20. The first kappa shape index (κ1) is 17.6. The highest BCUT2D eigenvalue weighted by Gasteiger charge is 2.30. The van der Waals surface area contributed by atoms with E-state index in [0.29, 0.717) is 6.04 Å². The van der Waals surface area contributed by atoms with Crippen molar-refractivity contribution in [1.29, 1.82) is 0 Å². The van der Waals surface area contributed by atoms with Crippen molar-refractivity contribution in [3.8, 4) is 11.3 Å². The molecule has 0 amide bonds. The van der Waals surface area contributed by atoms with Crippen LogP contribution in [-0.4, -0.2) is 26.2 Å². The molecule has 5 rings (SSSR count). The standard InChI is InChI=1S/C23H24N4S/c1-16-18(22(25-26(16)2)17-9-4-3-5-10-17)15-27-14-8-12-20(27)23-24-19-11-6-7-13-21(19)28-23/h3-7,9-11,13,20H,8,12,14-15H2,1-2H3. The van der Waals surface area contributed by atoms with E-state index in [2.05, 4.69) is 66.4 Å². The Labute approximate surface area is 169 Å². The molecule has 1 saturated heterocycles. The Hall–Kier alpha value is -2.50. The van der Waals surface area contributed by atoms with Crippen LogP contribution in [0.25, 0.3) is 21.5 Å². The minimum Gasteiger partial charge on any atom is -0.290 e. The summed E-state index contributed by atoms with van der Waals surface area (Å²) < 4.78 is 3.30. The molecule has 28 heavy (non-hydrogen) atoms. The minimum atomic E-state index is 0.403. The van der Waals surface area contributed by atoms with Crippen molar-refractivity contribution in [2.45, 2.75) is 32.4 Å². The molecular weight excluding hydrogens is 364 g/mol. The largest absolute Gasteiger partial charge is 0.290 e. The third kappa shape index (κ3) is 3.05. The van der Waals surface area contributed by atoms with Crippen LogP contribution < -0.4 is 0 Å². The van der Waals surface area contributed by atoms with Crippen LogP contribution in [0.2, 0.25) is 0 Å². The van der Waals surface area contributed by atoms with Crippen LogP contribution in [0.5, 0.6) is 0 Å². The molecule has 1 unspecified atom stereocenters. The molecule has 5 heteroatoms. The molecule has 0 bridgehead atoms. The summed E-state index contributed by atoms with van der Waals surface area (Å²) in [4.78, 5) is 7.54. The van der Waals surface area contributed by atoms with E-state index in [1.165, 1.54) is 39.4 Å². The van der Waals surface area contributed by atoms with Crippen molar-refractivity contribution in [3.63, 3.8) is 0 Å². The summed E-state index contributed by atoms with van der Waals surface area (Å²) in [6.45, 7) is 4.21. The molecule has 1 aliphatic rings. The van der Waals surface area contributed by atoms with Crippen molar-refractivity contribution in [1.82, 2.24) is 19.7 Å². The van der Waals surface area contributed by atoms with E-state index in [4.69, 9.17) is 10.1 Å². The summed E-state index contributed by atoms with van der Waals surface area (Å²) in [6.07, 6.45) is 2.40. The lowest BCUT2D eigenvalue weighted by Gasteiger charge is -2.23. The molecule has 1 fully saturated rings. The summed E-state index contributed by atoms with van der Waals surface area (Å²) in [7, 11) is 2.04. The van der Waals surface area contributed by atoms with E-state index < -0.39 is 0 Å². The zero-order valence-electron chi connectivity index (χ0n) is 16.3. The highest BCUT2D eigenvalue weighted by atomic mass is 32.1. The van der Waals surface area contributed by atoms with Gasteiger partial charge in [0.25, 0.3) is 0 Å². The van der Waals surface area contributed by atoms with Gasteiger partial charge in [-0.25, -0.2) is 4.98 Å². The number of aryl methyl sites for hydroxylation is 1. The minimum absolute atomic E-state index is 0.403. The SMILES string of the molecule is Cc1c(CN2CCCC2c2nc3ccccc3s2)c(-c2ccccc2)nn1C. The van der Waals surface area contributed by atoms with Crippen LogP contribution in [0, 0.1) is 6.92 Å². The van der Waals surface area contributed by atoms with Crippen LogP contribution in [-0.2, 0) is 13.6 Å². The maximum atomic E-state index is 4.95. The predicted octanol–water partition coefficient (Wildman–Crippen LogP) is 5.34. The number of hydrogen-bond acceptors (Lipinski definition) is 4. The van der Waals surface area contributed by atoms with Crippen LogP contribution in [0.15, 0.2) is 54.6 Å². The van der Waals surface area contributed by atoms with Gasteiger partial charge in [0.05, 0.1) is 22.0 Å². The van der Waals surface area contributed by atoms with Gasteiger partial charge in [-0.05, 0) is 38.4 Å². The molecule has 0 spiro atoms. The van der Waals surface area contributed by atoms with Gasteiger partial charge >= 0.3 is 0 Å². The maximum Gasteiger partial charge on any atom is 0.111 e. The second-order valence-corrected chi connectivity index (χ2v) is 8.61. The van der Waals surface area contributed by atoms with Gasteiger partial charge in [0, 0.05) is 30.4 Å². The van der Waals surface area contributed by atoms with Gasteiger partial charge in [0.2, 0.25) is 0 Å². The highest BCUT2D eigenvalue weighted by Crippen LogP contribution is 2.38. The molecule has 2 aromatic carbocycles. The normalized spacial score (nSPS) is 17.6. The van der Waals surface area contributed by atoms with Gasteiger partial charge in [0.15, 0.2) is 0 Å². The van der Waals surface area contributed by atoms with Crippen LogP contribution >= 0.6 is 11.3 Å². The van der Waals surface area contributed by atoms with Gasteiger partial charge in [-0.3, -0.25) is 9.58 Å². The second kappa shape index (κ2) is 7.15. The third-order valence-corrected chi connectivity index (χ3v) is 6.96. The van der Waals surface area contributed by atoms with E-state index in [9.17, 15) is 0 Å². The van der Waals surface area contributed by atoms with Crippen LogP contribution in [0.1, 0.15) is 35.1 Å². The topological polar surface area (TPSA) is 34.0 Å². The van der Waals surface area contributed by atoms with Crippen molar-refractivity contribution in [2.75, 3.05) is 6.54 Å². The molecule has 1 aliphatic heterocycles. The van der Waals surface area contributed by atoms with E-state index >= 15 is 0 Å². The van der Waals surface area contributed by atoms with E-state index in [1.54, 1.807) is 0 Å². The molecule has 0 saturated carbocycles. The zero-order valence-corrected chi connectivity index (χ0v) is 17.1. The Morgan fingerprint density at radius 3 is 2.68 bits per heavy atom. The molecule has 0 aliphatic carbocycles. The van der Waals surface area contributed by atoms with Gasteiger partial charge < -0.3 is 0 Å². The van der Waals surface area contributed by atoms with Crippen molar-refractivity contribution in [3.05, 3.63) is 70.9 Å². The number of aromatic nitrogens is 3. The summed E-state index contributed by atoms with van der Waals surface area (Å²) in [5, 5.41) is 6.08. The number of fused-ring (bicyclic) bond motifs is 1. The zero-order chi connectivity index (χ0) is 19.1. The van der Waals surface area contributed by atoms with E-state index in [0.717, 1.165) is 24.3 Å². The van der Waals surface area contributed by atoms with Gasteiger partial charge in [-0.2, -0.15) is 5.10 Å². The number of para-hydroxylation sites is 1. The second-order valence-electron chi connectivity index (χ2n) is 7.55. The van der Waals surface area contributed by atoms with Crippen molar-refractivity contribution >= 4 is 21.6 Å². The Bertz CT molecular complexity index is 1080. The first-order valence-corrected chi connectivity index (χ1v) is 10.7. The van der Waals surface area contributed by atoms with E-state index in [-0.39, 0.29) is 0 Å². The first-order valence-electron chi connectivity index (χ1n) is 9.88. The number of benzene rings is 2. The number of hydrogen-bond donors (Lipinski definition) is 0. The Balaban J connectivity index is 1.49. The molecule has 0 N–H and O–H groups in total. The molecule has 0 radical (unpaired) electrons. The van der Waals surface area contributed by atoms with Crippen molar-refractivity contribution in [2.24, 2.45) is 7.05 Å². The Morgan fingerprint density at radius 1 is 1.07 bits per heavy atom. The molecular formula is C23H24N4S. The average Bonchev–Trinajstić information content (AvgIpc) is 3.42. The molecule has 3 heterocycles. The molecule has 4 nitrogen and oxygen atoms in total. The van der Waals surface area contributed by atoms with Gasteiger partial charge in [0.1, 0.15) is 5.01 Å². The molecule has 4 aromatic rings.